The van der Waals surface area contributed by atoms with Crippen LogP contribution >= 0.6 is 24.0 Å². The highest BCUT2D eigenvalue weighted by Gasteiger charge is 2.22. The second kappa shape index (κ2) is 13.2. The highest BCUT2D eigenvalue weighted by Crippen LogP contribution is 2.18. The first kappa shape index (κ1) is 25.0. The number of hydrogen-bond acceptors (Lipinski definition) is 3. The van der Waals surface area contributed by atoms with Crippen LogP contribution in [0.2, 0.25) is 0 Å². The summed E-state index contributed by atoms with van der Waals surface area (Å²) in [6, 6.07) is 18.0. The summed E-state index contributed by atoms with van der Waals surface area (Å²) >= 11 is 0. The number of guanidine groups is 1. The number of benzene rings is 2. The lowest BCUT2D eigenvalue weighted by Crippen LogP contribution is -2.47. The van der Waals surface area contributed by atoms with Gasteiger partial charge in [0.25, 0.3) is 0 Å². The van der Waals surface area contributed by atoms with E-state index < -0.39 is 0 Å². The third kappa shape index (κ3) is 8.40. The van der Waals surface area contributed by atoms with Crippen LogP contribution in [0, 0.1) is 0 Å². The Balaban J connectivity index is 0.00000341. The lowest BCUT2D eigenvalue weighted by atomic mass is 10.1. The number of nitrogens with zero attached hydrogens (tertiary/aromatic N) is 2. The van der Waals surface area contributed by atoms with Crippen molar-refractivity contribution in [3.05, 3.63) is 60.2 Å². The molecule has 2 aromatic carbocycles. The monoisotopic (exact) mass is 536 g/mol. The van der Waals surface area contributed by atoms with Gasteiger partial charge in [0.1, 0.15) is 11.9 Å². The summed E-state index contributed by atoms with van der Waals surface area (Å²) in [6.45, 7) is 7.07. The molecule has 0 aliphatic carbocycles. The summed E-state index contributed by atoms with van der Waals surface area (Å²) in [7, 11) is 0. The van der Waals surface area contributed by atoms with Gasteiger partial charge in [-0.3, -0.25) is 9.79 Å². The van der Waals surface area contributed by atoms with E-state index in [0.29, 0.717) is 0 Å². The molecule has 2 N–H and O–H groups in total. The molecule has 3 rings (SSSR count). The molecule has 1 aliphatic heterocycles. The third-order valence-electron chi connectivity index (χ3n) is 5.06. The van der Waals surface area contributed by atoms with Crippen LogP contribution in [-0.2, 0) is 11.2 Å². The molecule has 0 spiro atoms. The molecule has 1 heterocycles. The Morgan fingerprint density at radius 2 is 1.77 bits per heavy atom. The second-order valence-corrected chi connectivity index (χ2v) is 7.48. The number of anilines is 1. The van der Waals surface area contributed by atoms with Gasteiger partial charge >= 0.3 is 0 Å². The van der Waals surface area contributed by atoms with E-state index in [2.05, 4.69) is 22.5 Å². The standard InChI is InChI=1S/C24H32N4O2.HI/c1-3-25-24(26-16-13-20-9-11-21(12-10-20)27-19(2)29)28-17-14-23(15-18-28)30-22-7-5-4-6-8-22;/h4-12,23H,3,13-18H2,1-2H3,(H,25,26)(H,27,29);1H. The molecule has 1 saturated heterocycles. The minimum Gasteiger partial charge on any atom is -0.490 e. The average molecular weight is 536 g/mol. The van der Waals surface area contributed by atoms with Gasteiger partial charge in [0, 0.05) is 51.6 Å². The molecule has 2 aromatic rings. The molecular formula is C24H33IN4O2. The van der Waals surface area contributed by atoms with Crippen LogP contribution in [0.25, 0.3) is 0 Å². The van der Waals surface area contributed by atoms with Crippen LogP contribution in [0.5, 0.6) is 5.75 Å². The van der Waals surface area contributed by atoms with E-state index in [4.69, 9.17) is 9.73 Å². The molecule has 6 nitrogen and oxygen atoms in total. The molecule has 0 radical (unpaired) electrons. The van der Waals surface area contributed by atoms with E-state index in [1.54, 1.807) is 0 Å². The molecule has 168 valence electrons. The Kier molecular flexibility index (Phi) is 10.6. The second-order valence-electron chi connectivity index (χ2n) is 7.48. The maximum Gasteiger partial charge on any atom is 0.221 e. The number of ether oxygens (including phenoxy) is 1. The maximum absolute atomic E-state index is 11.1. The predicted octanol–water partition coefficient (Wildman–Crippen LogP) is 4.31. The van der Waals surface area contributed by atoms with Gasteiger partial charge in [0.15, 0.2) is 5.96 Å². The summed E-state index contributed by atoms with van der Waals surface area (Å²) < 4.78 is 6.10. The van der Waals surface area contributed by atoms with Crippen molar-refractivity contribution in [3.63, 3.8) is 0 Å². The van der Waals surface area contributed by atoms with Crippen molar-refractivity contribution in [2.24, 2.45) is 4.99 Å². The molecule has 1 aliphatic rings. The zero-order valence-corrected chi connectivity index (χ0v) is 20.7. The lowest BCUT2D eigenvalue weighted by Gasteiger charge is -2.34. The number of likely N-dealkylation sites (tertiary alicyclic amines) is 1. The van der Waals surface area contributed by atoms with Crippen molar-refractivity contribution in [1.82, 2.24) is 10.2 Å². The summed E-state index contributed by atoms with van der Waals surface area (Å²) in [5.74, 6) is 1.87. The Morgan fingerprint density at radius 3 is 2.39 bits per heavy atom. The number of hydrogen-bond donors (Lipinski definition) is 2. The molecule has 1 amide bonds. The van der Waals surface area contributed by atoms with E-state index in [9.17, 15) is 4.79 Å². The van der Waals surface area contributed by atoms with Crippen molar-refractivity contribution in [2.45, 2.75) is 39.2 Å². The predicted molar refractivity (Wildman–Crippen MR) is 138 cm³/mol. The fraction of sp³-hybridized carbons (Fsp3) is 0.417. The third-order valence-corrected chi connectivity index (χ3v) is 5.06. The SMILES string of the molecule is CCNC(=NCCc1ccc(NC(C)=O)cc1)N1CCC(Oc2ccccc2)CC1.I. The van der Waals surface area contributed by atoms with Gasteiger partial charge in [-0.1, -0.05) is 30.3 Å². The number of amides is 1. The number of carbonyl (C=O) groups is 1. The average Bonchev–Trinajstić information content (AvgIpc) is 2.75. The smallest absolute Gasteiger partial charge is 0.221 e. The Labute approximate surface area is 202 Å². The molecular weight excluding hydrogens is 503 g/mol. The van der Waals surface area contributed by atoms with Crippen molar-refractivity contribution in [3.8, 4) is 5.75 Å². The first-order chi connectivity index (χ1) is 14.6. The lowest BCUT2D eigenvalue weighted by molar-refractivity contribution is -0.114. The molecule has 0 unspecified atom stereocenters. The zero-order valence-electron chi connectivity index (χ0n) is 18.3. The minimum atomic E-state index is -0.0550. The molecule has 31 heavy (non-hydrogen) atoms. The molecule has 0 atom stereocenters. The number of aliphatic imine (C=N–C) groups is 1. The van der Waals surface area contributed by atoms with Crippen LogP contribution in [0.15, 0.2) is 59.6 Å². The van der Waals surface area contributed by atoms with E-state index >= 15 is 0 Å². The highest BCUT2D eigenvalue weighted by molar-refractivity contribution is 14.0. The Hall–Kier alpha value is -2.29. The van der Waals surface area contributed by atoms with E-state index in [1.807, 2.05) is 54.6 Å². The fourth-order valence-electron chi connectivity index (χ4n) is 3.55. The molecule has 0 bridgehead atoms. The number of piperidine rings is 1. The number of rotatable bonds is 7. The van der Waals surface area contributed by atoms with Crippen LogP contribution < -0.4 is 15.4 Å². The molecule has 0 aromatic heterocycles. The van der Waals surface area contributed by atoms with Crippen LogP contribution in [-0.4, -0.2) is 49.0 Å². The summed E-state index contributed by atoms with van der Waals surface area (Å²) in [5, 5.41) is 6.21. The van der Waals surface area contributed by atoms with Gasteiger partial charge in [-0.25, -0.2) is 0 Å². The van der Waals surface area contributed by atoms with Crippen molar-refractivity contribution >= 4 is 41.5 Å². The minimum absolute atomic E-state index is 0. The summed E-state index contributed by atoms with van der Waals surface area (Å²) in [4.78, 5) is 18.3. The molecule has 0 saturated carbocycles. The van der Waals surface area contributed by atoms with Gasteiger partial charge < -0.3 is 20.3 Å². The summed E-state index contributed by atoms with van der Waals surface area (Å²) in [5.41, 5.74) is 2.03. The van der Waals surface area contributed by atoms with Gasteiger partial charge in [0.2, 0.25) is 5.91 Å². The van der Waals surface area contributed by atoms with Crippen LogP contribution in [0.1, 0.15) is 32.3 Å². The van der Waals surface area contributed by atoms with Crippen LogP contribution in [0.4, 0.5) is 5.69 Å². The normalized spacial score (nSPS) is 14.5. The molecule has 1 fully saturated rings. The number of para-hydroxylation sites is 1. The van der Waals surface area contributed by atoms with Crippen LogP contribution in [0.3, 0.4) is 0 Å². The van der Waals surface area contributed by atoms with Crippen molar-refractivity contribution < 1.29 is 9.53 Å². The quantitative estimate of drug-likeness (QED) is 0.315. The highest BCUT2D eigenvalue weighted by atomic mass is 127. The van der Waals surface area contributed by atoms with Gasteiger partial charge in [0.05, 0.1) is 0 Å². The topological polar surface area (TPSA) is 66.0 Å². The van der Waals surface area contributed by atoms with Gasteiger partial charge in [-0.2, -0.15) is 0 Å². The first-order valence-electron chi connectivity index (χ1n) is 10.8. The number of halogens is 1. The van der Waals surface area contributed by atoms with E-state index in [-0.39, 0.29) is 36.0 Å². The van der Waals surface area contributed by atoms with Crippen molar-refractivity contribution in [2.75, 3.05) is 31.5 Å². The van der Waals surface area contributed by atoms with Crippen molar-refractivity contribution in [1.29, 1.82) is 0 Å². The fourth-order valence-corrected chi connectivity index (χ4v) is 3.55. The number of carbonyl (C=O) groups excluding carboxylic acids is 1. The van der Waals surface area contributed by atoms with E-state index in [1.165, 1.54) is 12.5 Å². The Morgan fingerprint density at radius 1 is 1.10 bits per heavy atom. The Bertz CT molecular complexity index is 819. The van der Waals surface area contributed by atoms with Gasteiger partial charge in [-0.05, 0) is 43.2 Å². The maximum atomic E-state index is 11.1. The number of nitrogens with one attached hydrogen (secondary N) is 2. The first-order valence-corrected chi connectivity index (χ1v) is 10.8. The zero-order chi connectivity index (χ0) is 21.2. The summed E-state index contributed by atoms with van der Waals surface area (Å²) in [6.07, 6.45) is 3.10. The van der Waals surface area contributed by atoms with E-state index in [0.717, 1.165) is 62.8 Å². The molecule has 7 heteroatoms. The largest absolute Gasteiger partial charge is 0.490 e. The van der Waals surface area contributed by atoms with Gasteiger partial charge in [-0.15, -0.1) is 24.0 Å².